The second kappa shape index (κ2) is 13.7. The highest BCUT2D eigenvalue weighted by molar-refractivity contribution is 8.03. The number of fused-ring (bicyclic) bond motifs is 1. The van der Waals surface area contributed by atoms with Crippen LogP contribution in [0.4, 0.5) is 10.5 Å². The molecule has 0 spiro atoms. The fourth-order valence-electron chi connectivity index (χ4n) is 7.22. The number of hydrogen-bond acceptors (Lipinski definition) is 6. The van der Waals surface area contributed by atoms with Gasteiger partial charge in [0, 0.05) is 50.5 Å². The van der Waals surface area contributed by atoms with Crippen LogP contribution in [0.5, 0.6) is 0 Å². The second-order valence-electron chi connectivity index (χ2n) is 12.5. The topological polar surface area (TPSA) is 105 Å². The van der Waals surface area contributed by atoms with Crippen LogP contribution in [0.2, 0.25) is 0 Å². The Kier molecular flexibility index (Phi) is 9.57. The molecule has 6 rings (SSSR count). The number of nitrogens with one attached hydrogen (secondary N) is 2. The number of thioether (sulfide) groups is 1. The number of carbonyl (C=O) groups is 4. The highest BCUT2D eigenvalue weighted by Crippen LogP contribution is 2.29. The zero-order chi connectivity index (χ0) is 29.8. The number of rotatable bonds is 7. The average molecular weight is 609 g/mol. The summed E-state index contributed by atoms with van der Waals surface area (Å²) in [4.78, 5) is 61.3. The molecule has 232 valence electrons. The Hall–Kier alpha value is -3.05. The monoisotopic (exact) mass is 608 g/mol. The van der Waals surface area contributed by atoms with Crippen LogP contribution in [0, 0.1) is 0 Å². The lowest BCUT2D eigenvalue weighted by molar-refractivity contribution is -0.142. The smallest absolute Gasteiger partial charge is 0.322 e. The highest BCUT2D eigenvalue weighted by atomic mass is 32.2. The lowest BCUT2D eigenvalue weighted by atomic mass is 9.98. The maximum absolute atomic E-state index is 13.8. The van der Waals surface area contributed by atoms with Crippen LogP contribution in [0.3, 0.4) is 0 Å². The number of likely N-dealkylation sites (tertiary alicyclic amines) is 3. The molecule has 2 N–H and O–H groups in total. The summed E-state index contributed by atoms with van der Waals surface area (Å²) in [6, 6.07) is 7.43. The maximum Gasteiger partial charge on any atom is 0.322 e. The fourth-order valence-corrected chi connectivity index (χ4v) is 8.05. The van der Waals surface area contributed by atoms with Crippen LogP contribution in [0.15, 0.2) is 35.7 Å². The Morgan fingerprint density at radius 2 is 1.60 bits per heavy atom. The Morgan fingerprint density at radius 1 is 0.907 bits per heavy atom. The van der Waals surface area contributed by atoms with E-state index in [1.54, 1.807) is 4.90 Å². The van der Waals surface area contributed by atoms with E-state index in [0.717, 1.165) is 37.2 Å². The van der Waals surface area contributed by atoms with Gasteiger partial charge in [0.1, 0.15) is 6.04 Å². The molecule has 0 aromatic heterocycles. The molecule has 0 radical (unpaired) electrons. The van der Waals surface area contributed by atoms with Gasteiger partial charge >= 0.3 is 6.03 Å². The van der Waals surface area contributed by atoms with Crippen molar-refractivity contribution < 1.29 is 19.2 Å². The van der Waals surface area contributed by atoms with Crippen LogP contribution in [0.25, 0.3) is 0 Å². The molecule has 0 aliphatic carbocycles. The number of hydrogen-bond donors (Lipinski definition) is 2. The minimum absolute atomic E-state index is 0.0380. The third-order valence-corrected chi connectivity index (χ3v) is 10.9. The molecule has 43 heavy (non-hydrogen) atoms. The minimum atomic E-state index is -0.866. The van der Waals surface area contributed by atoms with Gasteiger partial charge < -0.3 is 30.2 Å². The van der Waals surface area contributed by atoms with E-state index in [9.17, 15) is 19.2 Å². The van der Waals surface area contributed by atoms with Crippen molar-refractivity contribution in [2.24, 2.45) is 0 Å². The molecule has 5 aliphatic rings. The van der Waals surface area contributed by atoms with E-state index in [1.807, 2.05) is 45.5 Å². The van der Waals surface area contributed by atoms with E-state index < -0.39 is 6.04 Å². The summed E-state index contributed by atoms with van der Waals surface area (Å²) in [5.41, 5.74) is 1.95. The molecule has 5 amide bonds. The van der Waals surface area contributed by atoms with Crippen molar-refractivity contribution >= 4 is 41.2 Å². The molecule has 5 aliphatic heterocycles. The first kappa shape index (κ1) is 30.0. The highest BCUT2D eigenvalue weighted by Gasteiger charge is 2.37. The van der Waals surface area contributed by atoms with Crippen molar-refractivity contribution in [2.45, 2.75) is 87.7 Å². The van der Waals surface area contributed by atoms with Gasteiger partial charge in [0.2, 0.25) is 17.7 Å². The molecular weight excluding hydrogens is 564 g/mol. The molecule has 1 unspecified atom stereocenters. The molecule has 1 aromatic carbocycles. The van der Waals surface area contributed by atoms with Crippen molar-refractivity contribution in [3.05, 3.63) is 41.3 Å². The Labute approximate surface area is 258 Å². The number of allylic oxidation sites excluding steroid dienone is 1. The van der Waals surface area contributed by atoms with Crippen molar-refractivity contribution in [3.63, 3.8) is 0 Å². The first-order valence-corrected chi connectivity index (χ1v) is 17.0. The molecule has 3 fully saturated rings. The number of amides is 5. The molecule has 5 heterocycles. The third-order valence-electron chi connectivity index (χ3n) is 9.78. The number of benzene rings is 1. The maximum atomic E-state index is 13.8. The van der Waals surface area contributed by atoms with Gasteiger partial charge in [-0.25, -0.2) is 4.79 Å². The predicted octanol–water partition coefficient (Wildman–Crippen LogP) is 3.40. The number of nitrogens with zero attached hydrogens (tertiary/aromatic N) is 4. The molecule has 3 saturated heterocycles. The van der Waals surface area contributed by atoms with Crippen molar-refractivity contribution in [1.82, 2.24) is 24.9 Å². The lowest BCUT2D eigenvalue weighted by Gasteiger charge is -2.41. The fraction of sp³-hybridized carbons (Fsp3) is 0.625. The van der Waals surface area contributed by atoms with Crippen LogP contribution in [-0.4, -0.2) is 106 Å². The van der Waals surface area contributed by atoms with Gasteiger partial charge in [-0.05, 0) is 75.1 Å². The number of urea groups is 1. The van der Waals surface area contributed by atoms with Gasteiger partial charge in [0.15, 0.2) is 0 Å². The van der Waals surface area contributed by atoms with E-state index >= 15 is 0 Å². The third kappa shape index (κ3) is 7.03. The van der Waals surface area contributed by atoms with E-state index in [2.05, 4.69) is 15.5 Å². The number of para-hydroxylation sites is 1. The molecule has 10 nitrogen and oxygen atoms in total. The van der Waals surface area contributed by atoms with Gasteiger partial charge in [-0.2, -0.15) is 0 Å². The quantitative estimate of drug-likeness (QED) is 0.492. The SMILES string of the molecule is O=C(N[C@@H](CC(=O)N1CCC(N2Cc3ccccc3NC2=O)CC1)C(=O)N1CCC(N2CCCCC2)CC1)C1CC=CS1. The average Bonchev–Trinajstić information content (AvgIpc) is 3.60. The van der Waals surface area contributed by atoms with Crippen molar-refractivity contribution in [1.29, 1.82) is 0 Å². The zero-order valence-electron chi connectivity index (χ0n) is 24.9. The Bertz CT molecular complexity index is 1210. The summed E-state index contributed by atoms with van der Waals surface area (Å²) in [5, 5.41) is 7.62. The second-order valence-corrected chi connectivity index (χ2v) is 13.6. The Morgan fingerprint density at radius 3 is 2.33 bits per heavy atom. The standard InChI is InChI=1S/C32H44N6O4S/c39-29(36-16-12-25(13-17-36)38-22-23-7-2-3-8-26(23)34-32(38)42)21-27(33-30(40)28-9-6-20-43-28)31(41)37-18-10-24(11-19-37)35-14-4-1-5-15-35/h2-3,6-8,20,24-25,27-28H,1,4-5,9-19,21-22H2,(H,33,40)(H,34,42)/t27-,28?/m0/s1. The van der Waals surface area contributed by atoms with Gasteiger partial charge in [-0.3, -0.25) is 14.4 Å². The normalized spacial score (nSPS) is 24.4. The van der Waals surface area contributed by atoms with Crippen molar-refractivity contribution in [3.8, 4) is 0 Å². The van der Waals surface area contributed by atoms with Crippen LogP contribution < -0.4 is 10.6 Å². The molecule has 0 saturated carbocycles. The first-order valence-electron chi connectivity index (χ1n) is 16.0. The van der Waals surface area contributed by atoms with Crippen molar-refractivity contribution in [2.75, 3.05) is 44.6 Å². The Balaban J connectivity index is 1.05. The van der Waals surface area contributed by atoms with E-state index in [1.165, 1.54) is 31.0 Å². The minimum Gasteiger partial charge on any atom is -0.343 e. The molecule has 2 atom stereocenters. The largest absolute Gasteiger partial charge is 0.343 e. The first-order chi connectivity index (χ1) is 21.0. The van der Waals surface area contributed by atoms with Gasteiger partial charge in [0.25, 0.3) is 0 Å². The number of anilines is 1. The molecule has 1 aromatic rings. The van der Waals surface area contributed by atoms with Gasteiger partial charge in [-0.1, -0.05) is 30.7 Å². The van der Waals surface area contributed by atoms with Gasteiger partial charge in [-0.15, -0.1) is 11.8 Å². The van der Waals surface area contributed by atoms with E-state index in [0.29, 0.717) is 58.0 Å². The summed E-state index contributed by atoms with van der Waals surface area (Å²) >= 11 is 1.46. The van der Waals surface area contributed by atoms with Gasteiger partial charge in [0.05, 0.1) is 11.7 Å². The molecule has 0 bridgehead atoms. The summed E-state index contributed by atoms with van der Waals surface area (Å²) < 4.78 is 0. The summed E-state index contributed by atoms with van der Waals surface area (Å²) in [6.07, 6.45) is 9.60. The van der Waals surface area contributed by atoms with E-state index in [-0.39, 0.29) is 41.5 Å². The predicted molar refractivity (Wildman–Crippen MR) is 167 cm³/mol. The molecule has 11 heteroatoms. The number of carbonyl (C=O) groups excluding carboxylic acids is 4. The van der Waals surface area contributed by atoms with Crippen LogP contribution in [-0.2, 0) is 20.9 Å². The summed E-state index contributed by atoms with van der Waals surface area (Å²) in [6.45, 7) is 5.21. The van der Waals surface area contributed by atoms with Crippen LogP contribution >= 0.6 is 11.8 Å². The number of piperidine rings is 3. The van der Waals surface area contributed by atoms with E-state index in [4.69, 9.17) is 0 Å². The molecular formula is C32H44N6O4S. The lowest BCUT2D eigenvalue weighted by Crippen LogP contribution is -2.56. The van der Waals surface area contributed by atoms with Crippen LogP contribution in [0.1, 0.15) is 63.4 Å². The zero-order valence-corrected chi connectivity index (χ0v) is 25.7. The summed E-state index contributed by atoms with van der Waals surface area (Å²) in [7, 11) is 0. The summed E-state index contributed by atoms with van der Waals surface area (Å²) in [5.74, 6) is -0.446.